The molecule has 1 rings (SSSR count). The zero-order valence-corrected chi connectivity index (χ0v) is 9.00. The van der Waals surface area contributed by atoms with E-state index in [4.69, 9.17) is 5.84 Å². The van der Waals surface area contributed by atoms with Crippen molar-refractivity contribution in [3.8, 4) is 0 Å². The molecule has 3 heteroatoms. The van der Waals surface area contributed by atoms with Crippen molar-refractivity contribution in [3.63, 3.8) is 0 Å². The Kier molecular flexibility index (Phi) is 4.70. The summed E-state index contributed by atoms with van der Waals surface area (Å²) in [5.74, 6) is 5.71. The lowest BCUT2D eigenvalue weighted by molar-refractivity contribution is 0.128. The second-order valence-electron chi connectivity index (χ2n) is 4.10. The molecule has 1 aliphatic heterocycles. The average Bonchev–Trinajstić information content (AvgIpc) is 2.15. The minimum atomic E-state index is 0.770. The first kappa shape index (κ1) is 11.0. The predicted molar refractivity (Wildman–Crippen MR) is 56.3 cm³/mol. The SMILES string of the molecule is CCCCN(C)C1CCN(N)CC1. The fourth-order valence-electron chi connectivity index (χ4n) is 1.92. The van der Waals surface area contributed by atoms with Crippen LogP contribution in [0.25, 0.3) is 0 Å². The number of hydrogen-bond acceptors (Lipinski definition) is 3. The summed E-state index contributed by atoms with van der Waals surface area (Å²) in [7, 11) is 2.24. The van der Waals surface area contributed by atoms with Gasteiger partial charge in [0.25, 0.3) is 0 Å². The van der Waals surface area contributed by atoms with E-state index in [0.717, 1.165) is 19.1 Å². The molecular formula is C10H23N3. The Hall–Kier alpha value is -0.120. The number of nitrogens with zero attached hydrogens (tertiary/aromatic N) is 2. The molecule has 78 valence electrons. The van der Waals surface area contributed by atoms with Crippen LogP contribution in [0.1, 0.15) is 32.6 Å². The smallest absolute Gasteiger partial charge is 0.0143 e. The van der Waals surface area contributed by atoms with Crippen LogP contribution in [0.2, 0.25) is 0 Å². The van der Waals surface area contributed by atoms with Gasteiger partial charge in [-0.1, -0.05) is 13.3 Å². The minimum absolute atomic E-state index is 0.770. The van der Waals surface area contributed by atoms with Crippen molar-refractivity contribution in [2.24, 2.45) is 5.84 Å². The monoisotopic (exact) mass is 185 g/mol. The first-order valence-corrected chi connectivity index (χ1v) is 5.44. The summed E-state index contributed by atoms with van der Waals surface area (Å²) in [5.41, 5.74) is 0. The van der Waals surface area contributed by atoms with E-state index in [1.807, 2.05) is 5.01 Å². The van der Waals surface area contributed by atoms with E-state index in [1.165, 1.54) is 32.2 Å². The van der Waals surface area contributed by atoms with Gasteiger partial charge in [0.15, 0.2) is 0 Å². The lowest BCUT2D eigenvalue weighted by atomic mass is 10.0. The average molecular weight is 185 g/mol. The Morgan fingerprint density at radius 1 is 1.38 bits per heavy atom. The van der Waals surface area contributed by atoms with E-state index in [-0.39, 0.29) is 0 Å². The van der Waals surface area contributed by atoms with Gasteiger partial charge in [-0.3, -0.25) is 5.84 Å². The number of piperidine rings is 1. The van der Waals surface area contributed by atoms with Gasteiger partial charge in [0, 0.05) is 19.1 Å². The van der Waals surface area contributed by atoms with Crippen LogP contribution in [0.4, 0.5) is 0 Å². The molecule has 1 saturated heterocycles. The number of nitrogens with two attached hydrogens (primary N) is 1. The standard InChI is InChI=1S/C10H23N3/c1-3-4-7-12(2)10-5-8-13(11)9-6-10/h10H,3-9,11H2,1-2H3. The van der Waals surface area contributed by atoms with E-state index in [2.05, 4.69) is 18.9 Å². The zero-order valence-electron chi connectivity index (χ0n) is 9.00. The lowest BCUT2D eigenvalue weighted by Crippen LogP contribution is -2.46. The van der Waals surface area contributed by atoms with Crippen LogP contribution < -0.4 is 5.84 Å². The van der Waals surface area contributed by atoms with E-state index in [0.29, 0.717) is 0 Å². The second-order valence-corrected chi connectivity index (χ2v) is 4.10. The van der Waals surface area contributed by atoms with E-state index < -0.39 is 0 Å². The maximum Gasteiger partial charge on any atom is 0.0143 e. The molecule has 3 nitrogen and oxygen atoms in total. The van der Waals surface area contributed by atoms with E-state index in [1.54, 1.807) is 0 Å². The molecule has 0 bridgehead atoms. The fourth-order valence-corrected chi connectivity index (χ4v) is 1.92. The summed E-state index contributed by atoms with van der Waals surface area (Å²) in [5, 5.41) is 1.93. The highest BCUT2D eigenvalue weighted by Gasteiger charge is 2.19. The van der Waals surface area contributed by atoms with Crippen molar-refractivity contribution in [2.45, 2.75) is 38.6 Å². The molecule has 0 aromatic rings. The summed E-state index contributed by atoms with van der Waals surface area (Å²) in [6.45, 7) is 5.60. The van der Waals surface area contributed by atoms with Gasteiger partial charge in [-0.2, -0.15) is 0 Å². The van der Waals surface area contributed by atoms with Crippen LogP contribution in [0, 0.1) is 0 Å². The molecule has 0 unspecified atom stereocenters. The van der Waals surface area contributed by atoms with Gasteiger partial charge in [0.1, 0.15) is 0 Å². The summed E-state index contributed by atoms with van der Waals surface area (Å²) >= 11 is 0. The predicted octanol–water partition coefficient (Wildman–Crippen LogP) is 1.06. The van der Waals surface area contributed by atoms with Gasteiger partial charge in [-0.25, -0.2) is 5.01 Å². The molecule has 0 aromatic carbocycles. The van der Waals surface area contributed by atoms with Crippen LogP contribution >= 0.6 is 0 Å². The molecule has 2 N–H and O–H groups in total. The van der Waals surface area contributed by atoms with Gasteiger partial charge in [0.05, 0.1) is 0 Å². The van der Waals surface area contributed by atoms with Gasteiger partial charge in [0.2, 0.25) is 0 Å². The normalized spacial score (nSPS) is 21.2. The first-order chi connectivity index (χ1) is 6.24. The first-order valence-electron chi connectivity index (χ1n) is 5.44. The van der Waals surface area contributed by atoms with Gasteiger partial charge >= 0.3 is 0 Å². The number of hydrazine groups is 1. The summed E-state index contributed by atoms with van der Waals surface area (Å²) in [4.78, 5) is 2.50. The maximum atomic E-state index is 5.71. The van der Waals surface area contributed by atoms with Crippen LogP contribution in [0.5, 0.6) is 0 Å². The Bertz CT molecular complexity index is 130. The molecule has 0 spiro atoms. The molecule has 1 fully saturated rings. The van der Waals surface area contributed by atoms with Crippen molar-refractivity contribution < 1.29 is 0 Å². The van der Waals surface area contributed by atoms with Crippen molar-refractivity contribution in [2.75, 3.05) is 26.7 Å². The molecule has 0 atom stereocenters. The topological polar surface area (TPSA) is 32.5 Å². The fraction of sp³-hybridized carbons (Fsp3) is 1.00. The Morgan fingerprint density at radius 3 is 2.54 bits per heavy atom. The van der Waals surface area contributed by atoms with Crippen molar-refractivity contribution in [1.82, 2.24) is 9.91 Å². The van der Waals surface area contributed by atoms with Crippen molar-refractivity contribution in [3.05, 3.63) is 0 Å². The Morgan fingerprint density at radius 2 is 2.00 bits per heavy atom. The van der Waals surface area contributed by atoms with Crippen LogP contribution in [-0.4, -0.2) is 42.6 Å². The number of rotatable bonds is 4. The van der Waals surface area contributed by atoms with Gasteiger partial charge < -0.3 is 4.90 Å². The third kappa shape index (κ3) is 3.63. The second kappa shape index (κ2) is 5.58. The Labute approximate surface area is 81.8 Å². The molecule has 0 amide bonds. The summed E-state index contributed by atoms with van der Waals surface area (Å²) in [6, 6.07) is 0.770. The van der Waals surface area contributed by atoms with Gasteiger partial charge in [-0.05, 0) is 32.9 Å². The van der Waals surface area contributed by atoms with Crippen LogP contribution in [0.3, 0.4) is 0 Å². The largest absolute Gasteiger partial charge is 0.303 e. The molecule has 13 heavy (non-hydrogen) atoms. The number of unbranched alkanes of at least 4 members (excludes halogenated alkanes) is 1. The molecule has 1 heterocycles. The van der Waals surface area contributed by atoms with Crippen molar-refractivity contribution >= 4 is 0 Å². The molecule has 0 aliphatic carbocycles. The summed E-state index contributed by atoms with van der Waals surface area (Å²) in [6.07, 6.45) is 5.08. The number of hydrogen-bond donors (Lipinski definition) is 1. The maximum absolute atomic E-state index is 5.71. The van der Waals surface area contributed by atoms with E-state index >= 15 is 0 Å². The molecule has 0 radical (unpaired) electrons. The molecule has 0 aromatic heterocycles. The third-order valence-electron chi connectivity index (χ3n) is 2.99. The highest BCUT2D eigenvalue weighted by Crippen LogP contribution is 2.13. The Balaban J connectivity index is 2.19. The molecule has 0 saturated carbocycles. The highest BCUT2D eigenvalue weighted by molar-refractivity contribution is 4.75. The molecular weight excluding hydrogens is 162 g/mol. The highest BCUT2D eigenvalue weighted by atomic mass is 15.4. The van der Waals surface area contributed by atoms with E-state index in [9.17, 15) is 0 Å². The zero-order chi connectivity index (χ0) is 9.68. The van der Waals surface area contributed by atoms with Crippen LogP contribution in [-0.2, 0) is 0 Å². The van der Waals surface area contributed by atoms with Crippen molar-refractivity contribution in [1.29, 1.82) is 0 Å². The molecule has 1 aliphatic rings. The lowest BCUT2D eigenvalue weighted by Gasteiger charge is -2.34. The van der Waals surface area contributed by atoms with Crippen LogP contribution in [0.15, 0.2) is 0 Å². The quantitative estimate of drug-likeness (QED) is 0.665. The minimum Gasteiger partial charge on any atom is -0.303 e. The third-order valence-corrected chi connectivity index (χ3v) is 2.99. The summed E-state index contributed by atoms with van der Waals surface area (Å²) < 4.78 is 0. The van der Waals surface area contributed by atoms with Gasteiger partial charge in [-0.15, -0.1) is 0 Å².